The highest BCUT2D eigenvalue weighted by molar-refractivity contribution is 6.89. The predicted octanol–water partition coefficient (Wildman–Crippen LogP) is 23.2. The third kappa shape index (κ3) is 13.5. The second kappa shape index (κ2) is 25.0. The molecular formula is C86H108F2N2O4Si2. The molecule has 508 valence electrons. The summed E-state index contributed by atoms with van der Waals surface area (Å²) in [5, 5.41) is 34.1. The van der Waals surface area contributed by atoms with Crippen LogP contribution in [0.2, 0.25) is 39.3 Å². The van der Waals surface area contributed by atoms with Gasteiger partial charge in [-0.25, -0.2) is 8.78 Å². The summed E-state index contributed by atoms with van der Waals surface area (Å²) in [6.07, 6.45) is 5.52. The fraction of sp³-hybridized carbons (Fsp3) is 0.442. The molecule has 1 saturated carbocycles. The summed E-state index contributed by atoms with van der Waals surface area (Å²) in [5.74, 6) is 0.486. The van der Waals surface area contributed by atoms with Gasteiger partial charge < -0.3 is 28.8 Å². The summed E-state index contributed by atoms with van der Waals surface area (Å²) in [7, 11) is -3.67. The van der Waals surface area contributed by atoms with E-state index in [0.29, 0.717) is 69.5 Å². The monoisotopic (exact) mass is 1330 g/mol. The lowest BCUT2D eigenvalue weighted by atomic mass is 9.71. The molecule has 0 amide bonds. The van der Waals surface area contributed by atoms with Gasteiger partial charge in [0.2, 0.25) is 0 Å². The first kappa shape index (κ1) is 70.2. The van der Waals surface area contributed by atoms with Gasteiger partial charge >= 0.3 is 0 Å². The van der Waals surface area contributed by atoms with E-state index < -0.39 is 27.8 Å². The number of benzene rings is 8. The van der Waals surface area contributed by atoms with E-state index in [9.17, 15) is 10.2 Å². The van der Waals surface area contributed by atoms with Crippen LogP contribution in [0, 0.1) is 89.7 Å². The summed E-state index contributed by atoms with van der Waals surface area (Å²) in [6.45, 7) is 54.7. The van der Waals surface area contributed by atoms with Crippen molar-refractivity contribution >= 4 is 70.1 Å². The van der Waals surface area contributed by atoms with Gasteiger partial charge in [-0.3, -0.25) is 0 Å². The van der Waals surface area contributed by atoms with Gasteiger partial charge in [-0.15, -0.1) is 0 Å². The lowest BCUT2D eigenvalue weighted by Gasteiger charge is -2.34. The van der Waals surface area contributed by atoms with Crippen LogP contribution in [0.3, 0.4) is 0 Å². The predicted molar refractivity (Wildman–Crippen MR) is 410 cm³/mol. The number of aromatic hydroxyl groups is 2. The van der Waals surface area contributed by atoms with Gasteiger partial charge in [0.25, 0.3) is 0 Å². The van der Waals surface area contributed by atoms with E-state index in [-0.39, 0.29) is 45.0 Å². The van der Waals surface area contributed by atoms with Gasteiger partial charge in [-0.05, 0) is 243 Å². The van der Waals surface area contributed by atoms with Crippen molar-refractivity contribution in [2.75, 3.05) is 13.2 Å². The van der Waals surface area contributed by atoms with Gasteiger partial charge in [0.1, 0.15) is 34.6 Å². The lowest BCUT2D eigenvalue weighted by Crippen LogP contribution is -2.37. The van der Waals surface area contributed by atoms with E-state index in [2.05, 4.69) is 232 Å². The molecule has 10 aromatic rings. The summed E-state index contributed by atoms with van der Waals surface area (Å²) in [5.41, 5.74) is 17.1. The zero-order valence-electron chi connectivity index (χ0n) is 62.4. The van der Waals surface area contributed by atoms with Crippen molar-refractivity contribution in [1.82, 2.24) is 9.13 Å². The van der Waals surface area contributed by atoms with Crippen molar-refractivity contribution in [2.24, 2.45) is 22.7 Å². The molecule has 1 aliphatic carbocycles. The van der Waals surface area contributed by atoms with Crippen molar-refractivity contribution in [3.8, 4) is 56.6 Å². The van der Waals surface area contributed by atoms with Crippen molar-refractivity contribution in [2.45, 2.75) is 213 Å². The molecule has 0 unspecified atom stereocenters. The van der Waals surface area contributed by atoms with E-state index in [0.717, 1.165) is 82.8 Å². The van der Waals surface area contributed by atoms with Crippen LogP contribution < -0.4 is 19.8 Å². The number of phenolic OH excluding ortho intramolecular Hbond substituents is 2. The number of halogens is 2. The molecule has 8 aromatic carbocycles. The fourth-order valence-electron chi connectivity index (χ4n) is 17.1. The van der Waals surface area contributed by atoms with E-state index in [4.69, 9.17) is 9.47 Å². The van der Waals surface area contributed by atoms with Gasteiger partial charge in [0.05, 0.1) is 62.8 Å². The summed E-state index contributed by atoms with van der Waals surface area (Å²) in [6, 6.07) is 33.2. The van der Waals surface area contributed by atoms with Crippen molar-refractivity contribution in [3.05, 3.63) is 164 Å². The maximum Gasteiger partial charge on any atom is 0.147 e. The zero-order valence-corrected chi connectivity index (χ0v) is 64.4. The first-order valence-corrected chi connectivity index (χ1v) is 42.3. The Morgan fingerprint density at radius 3 is 1.05 bits per heavy atom. The Hall–Kier alpha value is -7.15. The first-order chi connectivity index (χ1) is 44.5. The average Bonchev–Trinajstić information content (AvgIpc) is 1.57. The molecule has 0 radical (unpaired) electrons. The third-order valence-electron chi connectivity index (χ3n) is 20.9. The number of fused-ring (bicyclic) bond motifs is 6. The molecule has 6 nitrogen and oxygen atoms in total. The van der Waals surface area contributed by atoms with Gasteiger partial charge in [0.15, 0.2) is 0 Å². The Morgan fingerprint density at radius 2 is 0.729 bits per heavy atom. The Labute approximate surface area is 574 Å². The molecule has 2 aromatic heterocycles. The molecule has 96 heavy (non-hydrogen) atoms. The second-order valence-electron chi connectivity index (χ2n) is 35.1. The molecule has 10 heteroatoms. The number of hydrogen-bond donors (Lipinski definition) is 2. The number of phenols is 2. The van der Waals surface area contributed by atoms with Crippen LogP contribution in [0.5, 0.6) is 23.0 Å². The normalized spacial score (nSPS) is 15.5. The van der Waals surface area contributed by atoms with E-state index in [1.165, 1.54) is 54.2 Å². The minimum atomic E-state index is -1.83. The topological polar surface area (TPSA) is 68.8 Å². The number of aryl methyl sites for hydroxylation is 8. The Kier molecular flexibility index (Phi) is 18.3. The zero-order chi connectivity index (χ0) is 70.2. The molecule has 0 saturated heterocycles. The summed E-state index contributed by atoms with van der Waals surface area (Å²) in [4.78, 5) is 0. The van der Waals surface area contributed by atoms with Crippen LogP contribution in [0.4, 0.5) is 8.78 Å². The fourth-order valence-corrected chi connectivity index (χ4v) is 19.5. The van der Waals surface area contributed by atoms with Crippen LogP contribution in [0.1, 0.15) is 163 Å². The maximum atomic E-state index is 16.5. The molecule has 11 rings (SSSR count). The van der Waals surface area contributed by atoms with E-state index >= 15 is 8.78 Å². The molecule has 0 aliphatic heterocycles. The third-order valence-corrected chi connectivity index (χ3v) is 25.0. The lowest BCUT2D eigenvalue weighted by molar-refractivity contribution is 0.105. The minimum Gasteiger partial charge on any atom is -0.505 e. The minimum absolute atomic E-state index is 0.0308. The van der Waals surface area contributed by atoms with Crippen LogP contribution in [0.15, 0.2) is 97.1 Å². The smallest absolute Gasteiger partial charge is 0.147 e. The number of rotatable bonds is 16. The van der Waals surface area contributed by atoms with E-state index in [1.807, 2.05) is 13.8 Å². The highest BCUT2D eigenvalue weighted by Gasteiger charge is 2.36. The Balaban J connectivity index is 1.01. The molecule has 2 N–H and O–H groups in total. The standard InChI is InChI=1S/C86H108F2N2O4Si2/c1-49-29-51(3)75-69(31-49)89(71-43-63(95(19,20)21)35-53(5)77(71)75)73-39-59(85(15,16)47-83(9,10)11)37-65(79(73)91)67-41-61(87)33-55(7)81(67)93-45-57-27-25-26-28-58(57)46-94-82-56(8)34-62(88)42-68(82)66-38-60(86(17,18)48-84(12,13)14)40-74(80(66)92)90-70-32-50(2)30-52(4)76(70)78-54(6)36-64(44-72(78)90)96(22,23)24/h29-44,57-58,91-92H,25-28,45-48H2,1-24H3/t57-,58-/m0/s1. The van der Waals surface area contributed by atoms with Gasteiger partial charge in [-0.1, -0.05) is 156 Å². The van der Waals surface area contributed by atoms with Crippen LogP contribution in [-0.2, 0) is 10.8 Å². The maximum absolute atomic E-state index is 16.5. The summed E-state index contributed by atoms with van der Waals surface area (Å²) >= 11 is 0. The largest absolute Gasteiger partial charge is 0.505 e. The molecule has 2 heterocycles. The second-order valence-corrected chi connectivity index (χ2v) is 45.3. The van der Waals surface area contributed by atoms with Crippen molar-refractivity contribution in [3.63, 3.8) is 0 Å². The molecular weight excluding hydrogens is 1220 g/mol. The number of nitrogens with zero attached hydrogens (tertiary/aromatic N) is 2. The Morgan fingerprint density at radius 1 is 0.406 bits per heavy atom. The molecule has 0 bridgehead atoms. The SMILES string of the molecule is Cc1cc(C)c2c3c(C)cc([Si](C)(C)C)cc3n(-c3cc(C(C)(C)CC(C)(C)C)cc(-c4cc(F)cc(C)c4OC[C@@H]4CCCC[C@H]4COc4c(C)cc(F)cc4-c4cc(C(C)(C)CC(C)(C)C)cc(-n5c6cc(C)cc(C)c6c6c(C)cc([Si](C)(C)C)cc65)c4O)c3O)c2c1. The first-order valence-electron chi connectivity index (χ1n) is 35.3. The van der Waals surface area contributed by atoms with Gasteiger partial charge in [-0.2, -0.15) is 0 Å². The number of ether oxygens (including phenoxy) is 2. The quantitative estimate of drug-likeness (QED) is 0.0946. The summed E-state index contributed by atoms with van der Waals surface area (Å²) < 4.78 is 51.9. The molecule has 2 atom stereocenters. The van der Waals surface area contributed by atoms with Crippen LogP contribution in [-0.4, -0.2) is 48.7 Å². The highest BCUT2D eigenvalue weighted by atomic mass is 28.3. The molecule has 1 aliphatic rings. The van der Waals surface area contributed by atoms with E-state index in [1.54, 1.807) is 24.3 Å². The van der Waals surface area contributed by atoms with Crippen molar-refractivity contribution in [1.29, 1.82) is 0 Å². The molecule has 1 fully saturated rings. The highest BCUT2D eigenvalue weighted by Crippen LogP contribution is 2.52. The number of hydrogen-bond acceptors (Lipinski definition) is 4. The molecule has 0 spiro atoms. The van der Waals surface area contributed by atoms with Crippen molar-refractivity contribution < 1.29 is 28.5 Å². The average molecular weight is 1330 g/mol. The van der Waals surface area contributed by atoms with Crippen LogP contribution >= 0.6 is 0 Å². The number of aromatic nitrogens is 2. The Bertz CT molecular complexity index is 4440. The van der Waals surface area contributed by atoms with Crippen LogP contribution in [0.25, 0.3) is 77.2 Å². The van der Waals surface area contributed by atoms with Gasteiger partial charge in [0, 0.05) is 43.8 Å².